The summed E-state index contributed by atoms with van der Waals surface area (Å²) >= 11 is 1.12. The van der Waals surface area contributed by atoms with Gasteiger partial charge in [0.2, 0.25) is 11.8 Å². The highest BCUT2D eigenvalue weighted by Gasteiger charge is 2.18. The molecule has 0 atom stereocenters. The van der Waals surface area contributed by atoms with Crippen LogP contribution in [0.4, 0.5) is 4.39 Å². The van der Waals surface area contributed by atoms with Crippen molar-refractivity contribution < 1.29 is 23.9 Å². The van der Waals surface area contributed by atoms with E-state index in [1.165, 1.54) is 24.3 Å². The van der Waals surface area contributed by atoms with Gasteiger partial charge in [-0.05, 0) is 24.3 Å². The van der Waals surface area contributed by atoms with Gasteiger partial charge < -0.3 is 15.7 Å². The minimum atomic E-state index is -1.23. The Balaban J connectivity index is 2.58. The third-order valence-corrected chi connectivity index (χ3v) is 3.20. The van der Waals surface area contributed by atoms with E-state index in [-0.39, 0.29) is 11.6 Å². The number of halogens is 1. The van der Waals surface area contributed by atoms with Gasteiger partial charge in [0.25, 0.3) is 0 Å². The highest BCUT2D eigenvalue weighted by atomic mass is 32.2. The lowest BCUT2D eigenvalue weighted by Gasteiger charge is -2.18. The van der Waals surface area contributed by atoms with Crippen molar-refractivity contribution >= 4 is 29.5 Å². The number of carboxylic acids is 1. The van der Waals surface area contributed by atoms with Crippen molar-refractivity contribution in [1.82, 2.24) is 4.90 Å². The molecule has 0 aliphatic heterocycles. The molecule has 0 bridgehead atoms. The normalized spacial score (nSPS) is 10.1. The number of carboxylic acid groups (broad SMARTS) is 1. The molecule has 108 valence electrons. The summed E-state index contributed by atoms with van der Waals surface area (Å²) in [6, 6.07) is 5.52. The number of carbonyl (C=O) groups is 3. The first-order chi connectivity index (χ1) is 9.38. The van der Waals surface area contributed by atoms with Crippen molar-refractivity contribution in [2.24, 2.45) is 5.73 Å². The zero-order chi connectivity index (χ0) is 15.1. The Morgan fingerprint density at radius 2 is 1.80 bits per heavy atom. The first-order valence-electron chi connectivity index (χ1n) is 5.54. The molecular weight excluding hydrogens is 287 g/mol. The molecule has 1 aromatic rings. The molecule has 20 heavy (non-hydrogen) atoms. The molecule has 0 saturated heterocycles. The summed E-state index contributed by atoms with van der Waals surface area (Å²) in [5.74, 6) is -2.99. The summed E-state index contributed by atoms with van der Waals surface area (Å²) in [5, 5.41) is 8.67. The number of rotatable bonds is 7. The van der Waals surface area contributed by atoms with E-state index in [1.54, 1.807) is 0 Å². The minimum absolute atomic E-state index is 0.0633. The predicted molar refractivity (Wildman–Crippen MR) is 70.5 cm³/mol. The topological polar surface area (TPSA) is 101 Å². The van der Waals surface area contributed by atoms with Gasteiger partial charge in [0.15, 0.2) is 0 Å². The molecule has 6 nitrogen and oxygen atoms in total. The maximum Gasteiger partial charge on any atom is 0.323 e. The van der Waals surface area contributed by atoms with Gasteiger partial charge in [-0.3, -0.25) is 14.4 Å². The number of hydrogen-bond acceptors (Lipinski definition) is 4. The number of nitrogens with two attached hydrogens (primary N) is 1. The highest BCUT2D eigenvalue weighted by molar-refractivity contribution is 8.00. The zero-order valence-corrected chi connectivity index (χ0v) is 11.2. The Labute approximate surface area is 118 Å². The number of benzene rings is 1. The number of primary amides is 1. The second kappa shape index (κ2) is 7.49. The molecule has 0 aromatic heterocycles. The largest absolute Gasteiger partial charge is 0.480 e. The maximum atomic E-state index is 12.7. The molecule has 0 fully saturated rings. The van der Waals surface area contributed by atoms with Gasteiger partial charge in [-0.15, -0.1) is 11.8 Å². The van der Waals surface area contributed by atoms with Crippen LogP contribution in [0, 0.1) is 5.82 Å². The number of carbonyl (C=O) groups excluding carboxylic acids is 2. The second-order valence-corrected chi connectivity index (χ2v) is 4.90. The number of thioether (sulfide) groups is 1. The highest BCUT2D eigenvalue weighted by Crippen LogP contribution is 2.18. The summed E-state index contributed by atoms with van der Waals surface area (Å²) < 4.78 is 12.7. The molecule has 0 aliphatic rings. The van der Waals surface area contributed by atoms with Crippen molar-refractivity contribution in [1.29, 1.82) is 0 Å². The lowest BCUT2D eigenvalue weighted by Crippen LogP contribution is -2.42. The van der Waals surface area contributed by atoms with E-state index in [0.29, 0.717) is 4.90 Å². The fraction of sp³-hybridized carbons (Fsp3) is 0.250. The molecule has 1 rings (SSSR count). The van der Waals surface area contributed by atoms with E-state index in [0.717, 1.165) is 16.7 Å². The van der Waals surface area contributed by atoms with Crippen molar-refractivity contribution in [3.05, 3.63) is 30.1 Å². The molecule has 0 saturated carbocycles. The Bertz CT molecular complexity index is 491. The van der Waals surface area contributed by atoms with Crippen LogP contribution in [-0.4, -0.2) is 46.6 Å². The van der Waals surface area contributed by atoms with Crippen LogP contribution >= 0.6 is 11.8 Å². The standard InChI is InChI=1S/C12H13FN2O4S/c13-8-1-3-9(4-2-8)20-7-11(17)15(5-10(14)16)6-12(18)19/h1-4H,5-7H2,(H2,14,16)(H,18,19). The molecule has 0 radical (unpaired) electrons. The van der Waals surface area contributed by atoms with Gasteiger partial charge in [0.1, 0.15) is 12.4 Å². The fourth-order valence-corrected chi connectivity index (χ4v) is 2.15. The van der Waals surface area contributed by atoms with Crippen LogP contribution in [-0.2, 0) is 14.4 Å². The molecule has 0 heterocycles. The Kier molecular flexibility index (Phi) is 5.98. The van der Waals surface area contributed by atoms with Gasteiger partial charge in [-0.1, -0.05) is 0 Å². The van der Waals surface area contributed by atoms with Gasteiger partial charge in [-0.2, -0.15) is 0 Å². The molecule has 8 heteroatoms. The van der Waals surface area contributed by atoms with E-state index < -0.39 is 30.9 Å². The van der Waals surface area contributed by atoms with Crippen molar-refractivity contribution in [3.63, 3.8) is 0 Å². The first kappa shape index (κ1) is 16.0. The van der Waals surface area contributed by atoms with Crippen LogP contribution in [0.25, 0.3) is 0 Å². The number of amides is 2. The van der Waals surface area contributed by atoms with E-state index in [2.05, 4.69) is 0 Å². The molecule has 1 aromatic carbocycles. The quantitative estimate of drug-likeness (QED) is 0.706. The SMILES string of the molecule is NC(=O)CN(CC(=O)O)C(=O)CSc1ccc(F)cc1. The van der Waals surface area contributed by atoms with Gasteiger partial charge >= 0.3 is 5.97 Å². The molecule has 3 N–H and O–H groups in total. The summed E-state index contributed by atoms with van der Waals surface area (Å²) in [6.07, 6.45) is 0. The Hall–Kier alpha value is -2.09. The van der Waals surface area contributed by atoms with E-state index in [4.69, 9.17) is 10.8 Å². The van der Waals surface area contributed by atoms with Crippen LogP contribution in [0.1, 0.15) is 0 Å². The lowest BCUT2D eigenvalue weighted by atomic mass is 10.4. The van der Waals surface area contributed by atoms with Gasteiger partial charge in [0, 0.05) is 4.90 Å². The van der Waals surface area contributed by atoms with Crippen molar-refractivity contribution in [2.75, 3.05) is 18.8 Å². The van der Waals surface area contributed by atoms with Crippen LogP contribution in [0.15, 0.2) is 29.2 Å². The van der Waals surface area contributed by atoms with E-state index in [1.807, 2.05) is 0 Å². The number of nitrogens with zero attached hydrogens (tertiary/aromatic N) is 1. The average Bonchev–Trinajstić information content (AvgIpc) is 2.36. The van der Waals surface area contributed by atoms with Crippen LogP contribution in [0.2, 0.25) is 0 Å². The van der Waals surface area contributed by atoms with Crippen LogP contribution in [0.5, 0.6) is 0 Å². The van der Waals surface area contributed by atoms with Gasteiger partial charge in [0.05, 0.1) is 12.3 Å². The van der Waals surface area contributed by atoms with Gasteiger partial charge in [-0.25, -0.2) is 4.39 Å². The number of hydrogen-bond donors (Lipinski definition) is 2. The molecule has 0 aliphatic carbocycles. The van der Waals surface area contributed by atoms with Crippen molar-refractivity contribution in [2.45, 2.75) is 4.90 Å². The summed E-state index contributed by atoms with van der Waals surface area (Å²) in [7, 11) is 0. The Morgan fingerprint density at radius 1 is 1.20 bits per heavy atom. The lowest BCUT2D eigenvalue weighted by molar-refractivity contribution is -0.144. The molecule has 0 spiro atoms. The average molecular weight is 300 g/mol. The Morgan fingerprint density at radius 3 is 2.30 bits per heavy atom. The molecule has 0 unspecified atom stereocenters. The predicted octanol–water partition coefficient (Wildman–Crippen LogP) is 0.316. The second-order valence-electron chi connectivity index (χ2n) is 3.85. The number of aliphatic carboxylic acids is 1. The third-order valence-electron chi connectivity index (χ3n) is 2.20. The van der Waals surface area contributed by atoms with E-state index >= 15 is 0 Å². The maximum absolute atomic E-state index is 12.7. The zero-order valence-electron chi connectivity index (χ0n) is 10.4. The van der Waals surface area contributed by atoms with Crippen LogP contribution < -0.4 is 5.73 Å². The third kappa shape index (κ3) is 5.70. The summed E-state index contributed by atoms with van der Waals surface area (Å²) in [5.41, 5.74) is 4.96. The molecule has 2 amide bonds. The first-order valence-corrected chi connectivity index (χ1v) is 6.53. The van der Waals surface area contributed by atoms with Crippen LogP contribution in [0.3, 0.4) is 0 Å². The minimum Gasteiger partial charge on any atom is -0.480 e. The van der Waals surface area contributed by atoms with Crippen molar-refractivity contribution in [3.8, 4) is 0 Å². The summed E-state index contributed by atoms with van der Waals surface area (Å²) in [4.78, 5) is 34.7. The smallest absolute Gasteiger partial charge is 0.323 e. The monoisotopic (exact) mass is 300 g/mol. The summed E-state index contributed by atoms with van der Waals surface area (Å²) in [6.45, 7) is -1.04. The fourth-order valence-electron chi connectivity index (χ4n) is 1.35. The molecular formula is C12H13FN2O4S. The van der Waals surface area contributed by atoms with E-state index in [9.17, 15) is 18.8 Å².